The van der Waals surface area contributed by atoms with Gasteiger partial charge in [-0.15, -0.1) is 6.58 Å². The zero-order valence-electron chi connectivity index (χ0n) is 10.9. The second-order valence-electron chi connectivity index (χ2n) is 3.80. The molecule has 0 aromatic heterocycles. The van der Waals surface area contributed by atoms with Crippen LogP contribution in [0.25, 0.3) is 0 Å². The van der Waals surface area contributed by atoms with Crippen molar-refractivity contribution in [3.63, 3.8) is 0 Å². The highest BCUT2D eigenvalue weighted by Crippen LogP contribution is 2.00. The Bertz CT molecular complexity index is 222. The maximum Gasteiger partial charge on any atom is 0.239 e. The summed E-state index contributed by atoms with van der Waals surface area (Å²) in [5.74, 6) is -0.0574. The molecule has 2 N–H and O–H groups in total. The minimum absolute atomic E-state index is 0.0574. The van der Waals surface area contributed by atoms with Gasteiger partial charge in [-0.2, -0.15) is 0 Å². The average molecular weight is 244 g/mol. The van der Waals surface area contributed by atoms with Gasteiger partial charge >= 0.3 is 0 Å². The van der Waals surface area contributed by atoms with Gasteiger partial charge in [0.25, 0.3) is 0 Å². The molecule has 1 atom stereocenters. The van der Waals surface area contributed by atoms with Crippen molar-refractivity contribution in [3.05, 3.63) is 12.7 Å². The normalized spacial score (nSPS) is 12.2. The lowest BCUT2D eigenvalue weighted by Gasteiger charge is -2.25. The van der Waals surface area contributed by atoms with Crippen LogP contribution in [-0.4, -0.2) is 57.4 Å². The molecule has 0 rings (SSSR count). The predicted octanol–water partition coefficient (Wildman–Crippen LogP) is 0.401. The van der Waals surface area contributed by atoms with Crippen LogP contribution in [0.5, 0.6) is 0 Å². The number of rotatable bonds is 10. The van der Waals surface area contributed by atoms with Crippen molar-refractivity contribution in [2.24, 2.45) is 5.73 Å². The fraction of sp³-hybridized carbons (Fsp3) is 0.750. The first-order chi connectivity index (χ1) is 8.17. The molecule has 0 heterocycles. The minimum Gasteiger partial charge on any atom is -0.385 e. The quantitative estimate of drug-likeness (QED) is 0.446. The highest BCUT2D eigenvalue weighted by molar-refractivity contribution is 5.81. The van der Waals surface area contributed by atoms with E-state index < -0.39 is 6.04 Å². The Morgan fingerprint density at radius 3 is 2.53 bits per heavy atom. The number of ether oxygens (including phenoxy) is 2. The van der Waals surface area contributed by atoms with E-state index >= 15 is 0 Å². The maximum absolute atomic E-state index is 12.0. The number of methoxy groups -OCH3 is 2. The monoisotopic (exact) mass is 244 g/mol. The van der Waals surface area contributed by atoms with Gasteiger partial charge in [0.15, 0.2) is 0 Å². The molecular weight excluding hydrogens is 220 g/mol. The molecule has 0 bridgehead atoms. The summed E-state index contributed by atoms with van der Waals surface area (Å²) in [7, 11) is 3.26. The summed E-state index contributed by atoms with van der Waals surface area (Å²) in [6.45, 7) is 5.93. The van der Waals surface area contributed by atoms with Crippen LogP contribution in [0.2, 0.25) is 0 Å². The first kappa shape index (κ1) is 16.1. The molecule has 5 heteroatoms. The minimum atomic E-state index is -0.507. The average Bonchev–Trinajstić information content (AvgIpc) is 2.33. The third-order valence-corrected chi connectivity index (χ3v) is 2.39. The first-order valence-corrected chi connectivity index (χ1v) is 5.80. The number of amides is 1. The smallest absolute Gasteiger partial charge is 0.239 e. The van der Waals surface area contributed by atoms with Gasteiger partial charge in [-0.1, -0.05) is 6.08 Å². The topological polar surface area (TPSA) is 64.8 Å². The van der Waals surface area contributed by atoms with E-state index in [9.17, 15) is 4.79 Å². The number of carbonyl (C=O) groups excluding carboxylic acids is 1. The molecule has 0 aliphatic rings. The van der Waals surface area contributed by atoms with E-state index in [4.69, 9.17) is 15.2 Å². The van der Waals surface area contributed by atoms with E-state index in [1.165, 1.54) is 0 Å². The molecular formula is C12H24N2O3. The first-order valence-electron chi connectivity index (χ1n) is 5.80. The zero-order valence-corrected chi connectivity index (χ0v) is 10.9. The Kier molecular flexibility index (Phi) is 9.71. The Morgan fingerprint density at radius 2 is 2.00 bits per heavy atom. The molecule has 1 amide bonds. The fourth-order valence-electron chi connectivity index (χ4n) is 1.45. The van der Waals surface area contributed by atoms with Crippen LogP contribution in [0.3, 0.4) is 0 Å². The molecule has 100 valence electrons. The third kappa shape index (κ3) is 7.10. The van der Waals surface area contributed by atoms with Crippen molar-refractivity contribution < 1.29 is 14.3 Å². The SMILES string of the molecule is C=CCC(N)C(=O)N(CCCOC)CCOC. The Morgan fingerprint density at radius 1 is 1.35 bits per heavy atom. The molecule has 0 spiro atoms. The summed E-state index contributed by atoms with van der Waals surface area (Å²) < 4.78 is 9.95. The van der Waals surface area contributed by atoms with Crippen molar-refractivity contribution >= 4 is 5.91 Å². The van der Waals surface area contributed by atoms with Crippen LogP contribution in [0, 0.1) is 0 Å². The lowest BCUT2D eigenvalue weighted by atomic mass is 10.2. The molecule has 0 aliphatic heterocycles. The lowest BCUT2D eigenvalue weighted by Crippen LogP contribution is -2.45. The Labute approximate surface area is 104 Å². The second kappa shape index (κ2) is 10.3. The van der Waals surface area contributed by atoms with E-state index in [2.05, 4.69) is 6.58 Å². The van der Waals surface area contributed by atoms with Gasteiger partial charge in [0.1, 0.15) is 0 Å². The second-order valence-corrected chi connectivity index (χ2v) is 3.80. The van der Waals surface area contributed by atoms with Crippen molar-refractivity contribution in [2.45, 2.75) is 18.9 Å². The van der Waals surface area contributed by atoms with Crippen LogP contribution < -0.4 is 5.73 Å². The van der Waals surface area contributed by atoms with Gasteiger partial charge < -0.3 is 20.1 Å². The van der Waals surface area contributed by atoms with E-state index in [0.29, 0.717) is 32.7 Å². The molecule has 0 saturated carbocycles. The van der Waals surface area contributed by atoms with E-state index in [-0.39, 0.29) is 5.91 Å². The number of hydrogen-bond donors (Lipinski definition) is 1. The van der Waals surface area contributed by atoms with E-state index in [0.717, 1.165) is 6.42 Å². The van der Waals surface area contributed by atoms with Crippen LogP contribution in [0.4, 0.5) is 0 Å². The van der Waals surface area contributed by atoms with Gasteiger partial charge in [-0.3, -0.25) is 4.79 Å². The molecule has 1 unspecified atom stereocenters. The summed E-state index contributed by atoms with van der Waals surface area (Å²) in [5.41, 5.74) is 5.77. The van der Waals surface area contributed by atoms with Gasteiger partial charge in [-0.25, -0.2) is 0 Å². The summed E-state index contributed by atoms with van der Waals surface area (Å²) >= 11 is 0. The zero-order chi connectivity index (χ0) is 13.1. The maximum atomic E-state index is 12.0. The largest absolute Gasteiger partial charge is 0.385 e. The molecule has 0 aromatic carbocycles. The molecule has 0 saturated heterocycles. The van der Waals surface area contributed by atoms with Crippen molar-refractivity contribution in [1.82, 2.24) is 4.90 Å². The highest BCUT2D eigenvalue weighted by atomic mass is 16.5. The molecule has 0 fully saturated rings. The predicted molar refractivity (Wildman–Crippen MR) is 67.7 cm³/mol. The van der Waals surface area contributed by atoms with Crippen LogP contribution >= 0.6 is 0 Å². The number of nitrogens with zero attached hydrogens (tertiary/aromatic N) is 1. The van der Waals surface area contributed by atoms with E-state index in [1.54, 1.807) is 25.2 Å². The van der Waals surface area contributed by atoms with Crippen LogP contribution in [-0.2, 0) is 14.3 Å². The van der Waals surface area contributed by atoms with Gasteiger partial charge in [-0.05, 0) is 12.8 Å². The number of carbonyl (C=O) groups is 1. The Balaban J connectivity index is 4.22. The number of nitrogens with two attached hydrogens (primary N) is 1. The standard InChI is InChI=1S/C12H24N2O3/c1-4-6-11(13)12(15)14(8-10-17-3)7-5-9-16-2/h4,11H,1,5-10,13H2,2-3H3. The number of hydrogen-bond acceptors (Lipinski definition) is 4. The van der Waals surface area contributed by atoms with Crippen molar-refractivity contribution in [3.8, 4) is 0 Å². The summed E-state index contributed by atoms with van der Waals surface area (Å²) in [5, 5.41) is 0. The summed E-state index contributed by atoms with van der Waals surface area (Å²) in [4.78, 5) is 13.7. The highest BCUT2D eigenvalue weighted by Gasteiger charge is 2.19. The van der Waals surface area contributed by atoms with Crippen molar-refractivity contribution in [2.75, 3.05) is 40.5 Å². The van der Waals surface area contributed by atoms with Gasteiger partial charge in [0, 0.05) is 33.9 Å². The molecule has 0 aliphatic carbocycles. The summed E-state index contributed by atoms with van der Waals surface area (Å²) in [6.07, 6.45) is 2.95. The van der Waals surface area contributed by atoms with Gasteiger partial charge in [0.2, 0.25) is 5.91 Å². The fourth-order valence-corrected chi connectivity index (χ4v) is 1.45. The van der Waals surface area contributed by atoms with Crippen LogP contribution in [0.15, 0.2) is 12.7 Å². The molecule has 17 heavy (non-hydrogen) atoms. The summed E-state index contributed by atoms with van der Waals surface area (Å²) in [6, 6.07) is -0.507. The van der Waals surface area contributed by atoms with E-state index in [1.807, 2.05) is 0 Å². The van der Waals surface area contributed by atoms with Crippen molar-refractivity contribution in [1.29, 1.82) is 0 Å². The molecule has 0 aromatic rings. The molecule has 5 nitrogen and oxygen atoms in total. The van der Waals surface area contributed by atoms with Gasteiger partial charge in [0.05, 0.1) is 12.6 Å². The molecule has 0 radical (unpaired) electrons. The lowest BCUT2D eigenvalue weighted by molar-refractivity contribution is -0.133. The third-order valence-electron chi connectivity index (χ3n) is 2.39. The van der Waals surface area contributed by atoms with Crippen LogP contribution in [0.1, 0.15) is 12.8 Å². The Hall–Kier alpha value is -0.910.